The lowest BCUT2D eigenvalue weighted by molar-refractivity contribution is 1.07. The van der Waals surface area contributed by atoms with Gasteiger partial charge in [-0.3, -0.25) is 0 Å². The highest BCUT2D eigenvalue weighted by atomic mass is 15.0. The van der Waals surface area contributed by atoms with Gasteiger partial charge in [-0.15, -0.1) is 0 Å². The molecule has 0 atom stereocenters. The summed E-state index contributed by atoms with van der Waals surface area (Å²) >= 11 is 0. The summed E-state index contributed by atoms with van der Waals surface area (Å²) in [7, 11) is 0. The molecule has 0 aliphatic heterocycles. The molecule has 9 rings (SSSR count). The Kier molecular flexibility index (Phi) is 6.10. The molecule has 46 heavy (non-hydrogen) atoms. The second-order valence-electron chi connectivity index (χ2n) is 11.4. The number of rotatable bonds is 4. The molecule has 0 aliphatic rings. The molecule has 0 spiro atoms. The second-order valence-corrected chi connectivity index (χ2v) is 11.4. The minimum Gasteiger partial charge on any atom is -0.247 e. The Balaban J connectivity index is 1.33. The first-order valence-corrected chi connectivity index (χ1v) is 15.4. The maximum absolute atomic E-state index is 5.34. The molecule has 4 nitrogen and oxygen atoms in total. The Bertz CT molecular complexity index is 2520. The second kappa shape index (κ2) is 10.7. The van der Waals surface area contributed by atoms with E-state index < -0.39 is 0 Å². The van der Waals surface area contributed by atoms with Crippen LogP contribution in [0.5, 0.6) is 0 Å². The van der Waals surface area contributed by atoms with E-state index >= 15 is 0 Å². The molecule has 0 amide bonds. The molecule has 7 aromatic carbocycles. The molecule has 4 heteroatoms. The van der Waals surface area contributed by atoms with Crippen LogP contribution in [0.4, 0.5) is 0 Å². The highest BCUT2D eigenvalue weighted by Crippen LogP contribution is 2.43. The SMILES string of the molecule is c1ccc(-c2nc(-c3ccccc3)nc(-c3cccc(-c4nc5ccccc5c5c6ccccc6c6ccccc6c45)c3)n2)cc1. The first-order valence-electron chi connectivity index (χ1n) is 15.4. The zero-order chi connectivity index (χ0) is 30.5. The molecule has 0 saturated heterocycles. The Labute approximate surface area is 265 Å². The van der Waals surface area contributed by atoms with E-state index in [4.69, 9.17) is 19.9 Å². The molecule has 214 valence electrons. The van der Waals surface area contributed by atoms with Crippen LogP contribution in [0.25, 0.3) is 88.6 Å². The third-order valence-corrected chi connectivity index (χ3v) is 8.67. The third-order valence-electron chi connectivity index (χ3n) is 8.67. The predicted octanol–water partition coefficient (Wildman–Crippen LogP) is 10.5. The zero-order valence-corrected chi connectivity index (χ0v) is 24.8. The summed E-state index contributed by atoms with van der Waals surface area (Å²) in [5.41, 5.74) is 5.71. The molecule has 0 bridgehead atoms. The van der Waals surface area contributed by atoms with Crippen molar-refractivity contribution in [1.82, 2.24) is 19.9 Å². The molecule has 0 unspecified atom stereocenters. The first kappa shape index (κ1) is 26.2. The van der Waals surface area contributed by atoms with Crippen molar-refractivity contribution in [3.63, 3.8) is 0 Å². The lowest BCUT2D eigenvalue weighted by Gasteiger charge is -2.16. The summed E-state index contributed by atoms with van der Waals surface area (Å²) in [6, 6.07) is 54.4. The maximum Gasteiger partial charge on any atom is 0.164 e. The van der Waals surface area contributed by atoms with E-state index in [1.54, 1.807) is 0 Å². The summed E-state index contributed by atoms with van der Waals surface area (Å²) in [4.78, 5) is 20.2. The molecule has 2 aromatic heterocycles. The van der Waals surface area contributed by atoms with Crippen LogP contribution in [0.2, 0.25) is 0 Å². The van der Waals surface area contributed by atoms with Crippen molar-refractivity contribution in [3.05, 3.63) is 158 Å². The number of hydrogen-bond donors (Lipinski definition) is 0. The molecule has 9 aromatic rings. The minimum atomic E-state index is 0.620. The van der Waals surface area contributed by atoms with Crippen molar-refractivity contribution in [1.29, 1.82) is 0 Å². The van der Waals surface area contributed by atoms with E-state index in [1.165, 1.54) is 26.9 Å². The molecule has 0 saturated carbocycles. The van der Waals surface area contributed by atoms with Crippen molar-refractivity contribution >= 4 is 43.2 Å². The van der Waals surface area contributed by atoms with E-state index in [2.05, 4.69) is 97.1 Å². The van der Waals surface area contributed by atoms with Gasteiger partial charge < -0.3 is 0 Å². The van der Waals surface area contributed by atoms with Crippen molar-refractivity contribution in [2.45, 2.75) is 0 Å². The average molecular weight is 587 g/mol. The number of aromatic nitrogens is 4. The number of pyridine rings is 1. The summed E-state index contributed by atoms with van der Waals surface area (Å²) in [5, 5.41) is 8.40. The van der Waals surface area contributed by atoms with E-state index in [9.17, 15) is 0 Å². The van der Waals surface area contributed by atoms with E-state index in [0.29, 0.717) is 17.5 Å². The molecular formula is C42H26N4. The van der Waals surface area contributed by atoms with Crippen LogP contribution in [0.1, 0.15) is 0 Å². The van der Waals surface area contributed by atoms with Gasteiger partial charge in [-0.25, -0.2) is 19.9 Å². The van der Waals surface area contributed by atoms with Gasteiger partial charge in [0.2, 0.25) is 0 Å². The summed E-state index contributed by atoms with van der Waals surface area (Å²) in [5.74, 6) is 1.90. The standard InChI is InChI=1S/C42H26N4/c1-3-14-27(15-4-1)40-44-41(28-16-5-2-6-17-28)46-42(45-40)30-19-13-18-29(26-30)39-38-34-23-10-8-21-32(34)31-20-7-9-22-33(31)37(38)35-24-11-12-25-36(35)43-39/h1-26H. The topological polar surface area (TPSA) is 51.6 Å². The van der Waals surface area contributed by atoms with Crippen molar-refractivity contribution in [2.75, 3.05) is 0 Å². The van der Waals surface area contributed by atoms with E-state index in [-0.39, 0.29) is 0 Å². The predicted molar refractivity (Wildman–Crippen MR) is 189 cm³/mol. The van der Waals surface area contributed by atoms with Gasteiger partial charge >= 0.3 is 0 Å². The van der Waals surface area contributed by atoms with E-state index in [0.717, 1.165) is 44.2 Å². The van der Waals surface area contributed by atoms with Crippen LogP contribution in [-0.2, 0) is 0 Å². The zero-order valence-electron chi connectivity index (χ0n) is 24.8. The lowest BCUT2D eigenvalue weighted by atomic mass is 9.90. The summed E-state index contributed by atoms with van der Waals surface area (Å²) in [6.07, 6.45) is 0. The van der Waals surface area contributed by atoms with Crippen LogP contribution in [0.3, 0.4) is 0 Å². The van der Waals surface area contributed by atoms with Crippen LogP contribution in [-0.4, -0.2) is 19.9 Å². The normalized spacial score (nSPS) is 11.5. The molecular weight excluding hydrogens is 560 g/mol. The van der Waals surface area contributed by atoms with E-state index in [1.807, 2.05) is 60.7 Å². The van der Waals surface area contributed by atoms with Gasteiger partial charge in [-0.2, -0.15) is 0 Å². The molecule has 0 N–H and O–H groups in total. The van der Waals surface area contributed by atoms with Gasteiger partial charge in [0, 0.05) is 38.4 Å². The fourth-order valence-electron chi connectivity index (χ4n) is 6.58. The fraction of sp³-hybridized carbons (Fsp3) is 0. The Morgan fingerprint density at radius 1 is 0.283 bits per heavy atom. The van der Waals surface area contributed by atoms with Gasteiger partial charge in [0.05, 0.1) is 11.2 Å². The number of hydrogen-bond acceptors (Lipinski definition) is 4. The van der Waals surface area contributed by atoms with Crippen LogP contribution in [0, 0.1) is 0 Å². The average Bonchev–Trinajstić information content (AvgIpc) is 3.15. The van der Waals surface area contributed by atoms with Crippen LogP contribution in [0.15, 0.2) is 158 Å². The first-order chi connectivity index (χ1) is 22.8. The highest BCUT2D eigenvalue weighted by molar-refractivity contribution is 6.33. The van der Waals surface area contributed by atoms with Gasteiger partial charge in [0.1, 0.15) is 0 Å². The van der Waals surface area contributed by atoms with Crippen molar-refractivity contribution in [2.24, 2.45) is 0 Å². The Morgan fingerprint density at radius 2 is 0.717 bits per heavy atom. The van der Waals surface area contributed by atoms with Crippen LogP contribution < -0.4 is 0 Å². The number of para-hydroxylation sites is 1. The largest absolute Gasteiger partial charge is 0.247 e. The molecule has 2 heterocycles. The summed E-state index contributed by atoms with van der Waals surface area (Å²) < 4.78 is 0. The number of nitrogens with zero attached hydrogens (tertiary/aromatic N) is 4. The molecule has 0 fully saturated rings. The third kappa shape index (κ3) is 4.31. The van der Waals surface area contributed by atoms with Gasteiger partial charge in [0.15, 0.2) is 17.5 Å². The van der Waals surface area contributed by atoms with Gasteiger partial charge in [-0.05, 0) is 33.7 Å². The maximum atomic E-state index is 5.34. The van der Waals surface area contributed by atoms with Crippen molar-refractivity contribution < 1.29 is 0 Å². The lowest BCUT2D eigenvalue weighted by Crippen LogP contribution is -2.00. The Hall–Kier alpha value is -6.26. The van der Waals surface area contributed by atoms with Gasteiger partial charge in [0.25, 0.3) is 0 Å². The highest BCUT2D eigenvalue weighted by Gasteiger charge is 2.18. The molecule has 0 aliphatic carbocycles. The quantitative estimate of drug-likeness (QED) is 0.193. The monoisotopic (exact) mass is 586 g/mol. The minimum absolute atomic E-state index is 0.620. The summed E-state index contributed by atoms with van der Waals surface area (Å²) in [6.45, 7) is 0. The smallest absolute Gasteiger partial charge is 0.164 e. The fourth-order valence-corrected chi connectivity index (χ4v) is 6.58. The van der Waals surface area contributed by atoms with Crippen LogP contribution >= 0.6 is 0 Å². The van der Waals surface area contributed by atoms with Gasteiger partial charge in [-0.1, -0.05) is 146 Å². The number of benzene rings is 7. The Morgan fingerprint density at radius 3 is 1.33 bits per heavy atom. The molecule has 0 radical (unpaired) electrons. The number of fused-ring (bicyclic) bond motifs is 8. The van der Waals surface area contributed by atoms with Crippen molar-refractivity contribution in [3.8, 4) is 45.4 Å².